The van der Waals surface area contributed by atoms with Gasteiger partial charge in [-0.2, -0.15) is 0 Å². The molecular formula is C12H28N2. The fraction of sp³-hybridized carbons (Fsp3) is 1.00. The summed E-state index contributed by atoms with van der Waals surface area (Å²) in [5.41, 5.74) is 0. The maximum atomic E-state index is 3.39. The molecule has 86 valence electrons. The van der Waals surface area contributed by atoms with Crippen LogP contribution >= 0.6 is 0 Å². The summed E-state index contributed by atoms with van der Waals surface area (Å²) in [6.07, 6.45) is 5.13. The Hall–Kier alpha value is -0.0800. The van der Waals surface area contributed by atoms with Gasteiger partial charge < -0.3 is 10.2 Å². The van der Waals surface area contributed by atoms with Gasteiger partial charge in [0.2, 0.25) is 0 Å². The molecular weight excluding hydrogens is 172 g/mol. The largest absolute Gasteiger partial charge is 0.316 e. The molecule has 0 heterocycles. The van der Waals surface area contributed by atoms with Crippen molar-refractivity contribution in [3.8, 4) is 0 Å². The van der Waals surface area contributed by atoms with Crippen LogP contribution in [0.1, 0.15) is 46.5 Å². The molecule has 14 heavy (non-hydrogen) atoms. The Morgan fingerprint density at radius 3 is 2.14 bits per heavy atom. The van der Waals surface area contributed by atoms with Crippen LogP contribution in [0.3, 0.4) is 0 Å². The minimum Gasteiger partial charge on any atom is -0.316 e. The maximum Gasteiger partial charge on any atom is 0.0191 e. The molecule has 2 nitrogen and oxygen atoms in total. The number of rotatable bonds is 8. The molecule has 2 unspecified atom stereocenters. The van der Waals surface area contributed by atoms with Crippen LogP contribution in [-0.4, -0.2) is 37.6 Å². The Morgan fingerprint density at radius 1 is 1.14 bits per heavy atom. The fourth-order valence-corrected chi connectivity index (χ4v) is 1.84. The van der Waals surface area contributed by atoms with E-state index in [1.807, 2.05) is 0 Å². The van der Waals surface area contributed by atoms with Crippen molar-refractivity contribution in [2.75, 3.05) is 20.6 Å². The van der Waals surface area contributed by atoms with E-state index in [9.17, 15) is 0 Å². The molecule has 0 amide bonds. The molecule has 0 aromatic carbocycles. The summed E-state index contributed by atoms with van der Waals surface area (Å²) in [5.74, 6) is 0. The zero-order valence-electron chi connectivity index (χ0n) is 10.6. The van der Waals surface area contributed by atoms with Crippen LogP contribution in [0.5, 0.6) is 0 Å². The van der Waals surface area contributed by atoms with Gasteiger partial charge >= 0.3 is 0 Å². The lowest BCUT2D eigenvalue weighted by Crippen LogP contribution is -2.41. The van der Waals surface area contributed by atoms with E-state index in [-0.39, 0.29) is 0 Å². The molecule has 0 fully saturated rings. The second-order valence-corrected chi connectivity index (χ2v) is 4.35. The number of hydrogen-bond donors (Lipinski definition) is 1. The van der Waals surface area contributed by atoms with Gasteiger partial charge in [-0.15, -0.1) is 0 Å². The smallest absolute Gasteiger partial charge is 0.0191 e. The van der Waals surface area contributed by atoms with Crippen molar-refractivity contribution in [2.45, 2.75) is 58.5 Å². The van der Waals surface area contributed by atoms with E-state index < -0.39 is 0 Å². The third-order valence-electron chi connectivity index (χ3n) is 3.01. The molecule has 0 aliphatic heterocycles. The summed E-state index contributed by atoms with van der Waals surface area (Å²) in [6, 6.07) is 1.37. The molecule has 0 spiro atoms. The van der Waals surface area contributed by atoms with E-state index >= 15 is 0 Å². The summed E-state index contributed by atoms with van der Waals surface area (Å²) >= 11 is 0. The molecule has 0 aromatic rings. The monoisotopic (exact) mass is 200 g/mol. The first kappa shape index (κ1) is 13.9. The van der Waals surface area contributed by atoms with E-state index in [1.165, 1.54) is 32.2 Å². The highest BCUT2D eigenvalue weighted by Crippen LogP contribution is 2.06. The van der Waals surface area contributed by atoms with E-state index in [4.69, 9.17) is 0 Å². The molecule has 0 bridgehead atoms. The SMILES string of the molecule is CCCC(CN(C)C(C)CCC)NC. The highest BCUT2D eigenvalue weighted by Gasteiger charge is 2.12. The van der Waals surface area contributed by atoms with Crippen molar-refractivity contribution in [3.63, 3.8) is 0 Å². The van der Waals surface area contributed by atoms with Crippen LogP contribution in [0, 0.1) is 0 Å². The summed E-state index contributed by atoms with van der Waals surface area (Å²) < 4.78 is 0. The van der Waals surface area contributed by atoms with Crippen molar-refractivity contribution in [1.29, 1.82) is 0 Å². The van der Waals surface area contributed by atoms with Gasteiger partial charge in [0.1, 0.15) is 0 Å². The minimum absolute atomic E-state index is 0.657. The number of nitrogens with one attached hydrogen (secondary N) is 1. The molecule has 0 saturated heterocycles. The highest BCUT2D eigenvalue weighted by molar-refractivity contribution is 4.71. The summed E-state index contributed by atoms with van der Waals surface area (Å²) in [4.78, 5) is 2.47. The number of hydrogen-bond acceptors (Lipinski definition) is 2. The average Bonchev–Trinajstić information content (AvgIpc) is 2.17. The van der Waals surface area contributed by atoms with E-state index in [0.29, 0.717) is 12.1 Å². The van der Waals surface area contributed by atoms with Crippen molar-refractivity contribution in [3.05, 3.63) is 0 Å². The molecule has 1 N–H and O–H groups in total. The van der Waals surface area contributed by atoms with Crippen LogP contribution in [0.4, 0.5) is 0 Å². The lowest BCUT2D eigenvalue weighted by atomic mass is 10.1. The Bertz CT molecular complexity index is 125. The first-order valence-electron chi connectivity index (χ1n) is 6.03. The van der Waals surface area contributed by atoms with Gasteiger partial charge in [0.05, 0.1) is 0 Å². The molecule has 0 aromatic heterocycles. The lowest BCUT2D eigenvalue weighted by Gasteiger charge is -2.28. The van der Waals surface area contributed by atoms with E-state index in [2.05, 4.69) is 45.1 Å². The van der Waals surface area contributed by atoms with Crippen LogP contribution < -0.4 is 5.32 Å². The molecule has 0 radical (unpaired) electrons. The molecule has 2 heteroatoms. The standard InChI is InChI=1S/C12H28N2/c1-6-8-11(3)14(5)10-12(13-4)9-7-2/h11-13H,6-10H2,1-5H3. The molecule has 0 rings (SSSR count). The first-order valence-corrected chi connectivity index (χ1v) is 6.03. The molecule has 0 saturated carbocycles. The van der Waals surface area contributed by atoms with E-state index in [1.54, 1.807) is 0 Å². The van der Waals surface area contributed by atoms with Gasteiger partial charge in [0, 0.05) is 18.6 Å². The number of nitrogens with zero attached hydrogens (tertiary/aromatic N) is 1. The number of likely N-dealkylation sites (N-methyl/N-ethyl adjacent to an activating group) is 2. The van der Waals surface area contributed by atoms with Gasteiger partial charge in [0.15, 0.2) is 0 Å². The van der Waals surface area contributed by atoms with Gasteiger partial charge in [-0.05, 0) is 33.9 Å². The van der Waals surface area contributed by atoms with Crippen molar-refractivity contribution >= 4 is 0 Å². The lowest BCUT2D eigenvalue weighted by molar-refractivity contribution is 0.217. The van der Waals surface area contributed by atoms with Gasteiger partial charge in [-0.1, -0.05) is 26.7 Å². The van der Waals surface area contributed by atoms with Crippen LogP contribution in [0.15, 0.2) is 0 Å². The Labute approximate surface area is 90.1 Å². The Kier molecular flexibility index (Phi) is 8.20. The van der Waals surface area contributed by atoms with Crippen LogP contribution in [-0.2, 0) is 0 Å². The fourth-order valence-electron chi connectivity index (χ4n) is 1.84. The van der Waals surface area contributed by atoms with Gasteiger partial charge in [-0.3, -0.25) is 0 Å². The normalized spacial score (nSPS) is 15.9. The predicted octanol–water partition coefficient (Wildman–Crippen LogP) is 2.49. The average molecular weight is 200 g/mol. The van der Waals surface area contributed by atoms with Gasteiger partial charge in [-0.25, -0.2) is 0 Å². The Morgan fingerprint density at radius 2 is 1.71 bits per heavy atom. The van der Waals surface area contributed by atoms with Crippen molar-refractivity contribution < 1.29 is 0 Å². The quantitative estimate of drug-likeness (QED) is 0.647. The predicted molar refractivity (Wildman–Crippen MR) is 64.8 cm³/mol. The van der Waals surface area contributed by atoms with Crippen LogP contribution in [0.25, 0.3) is 0 Å². The molecule has 2 atom stereocenters. The summed E-state index contributed by atoms with van der Waals surface area (Å²) in [7, 11) is 4.30. The third-order valence-corrected chi connectivity index (χ3v) is 3.01. The molecule has 0 aliphatic carbocycles. The maximum absolute atomic E-state index is 3.39. The van der Waals surface area contributed by atoms with Crippen LogP contribution in [0.2, 0.25) is 0 Å². The summed E-state index contributed by atoms with van der Waals surface area (Å²) in [6.45, 7) is 8.00. The van der Waals surface area contributed by atoms with Crippen molar-refractivity contribution in [2.24, 2.45) is 0 Å². The third kappa shape index (κ3) is 5.61. The van der Waals surface area contributed by atoms with E-state index in [0.717, 1.165) is 0 Å². The second-order valence-electron chi connectivity index (χ2n) is 4.35. The highest BCUT2D eigenvalue weighted by atomic mass is 15.1. The van der Waals surface area contributed by atoms with Crippen molar-refractivity contribution in [1.82, 2.24) is 10.2 Å². The summed E-state index contributed by atoms with van der Waals surface area (Å²) in [5, 5.41) is 3.39. The minimum atomic E-state index is 0.657. The topological polar surface area (TPSA) is 15.3 Å². The second kappa shape index (κ2) is 8.25. The molecule has 0 aliphatic rings. The first-order chi connectivity index (χ1) is 6.65. The zero-order valence-corrected chi connectivity index (χ0v) is 10.6. The zero-order chi connectivity index (χ0) is 11.0. The van der Waals surface area contributed by atoms with Gasteiger partial charge in [0.25, 0.3) is 0 Å². The Balaban J connectivity index is 3.81.